The molecule has 0 aromatic carbocycles. The Balaban J connectivity index is 1.71. The van der Waals surface area contributed by atoms with Crippen LogP contribution in [0.25, 0.3) is 0 Å². The molecule has 2 saturated heterocycles. The Bertz CT molecular complexity index is 184. The molecule has 2 fully saturated rings. The maximum atomic E-state index is 5.42. The van der Waals surface area contributed by atoms with Gasteiger partial charge in [-0.3, -0.25) is 9.80 Å². The van der Waals surface area contributed by atoms with E-state index < -0.39 is 0 Å². The highest BCUT2D eigenvalue weighted by Crippen LogP contribution is 2.20. The highest BCUT2D eigenvalue weighted by molar-refractivity contribution is 4.84. The highest BCUT2D eigenvalue weighted by atomic mass is 16.5. The van der Waals surface area contributed by atoms with Crippen LogP contribution < -0.4 is 0 Å². The number of fused-ring (bicyclic) bond motifs is 1. The zero-order valence-corrected chi connectivity index (χ0v) is 9.95. The van der Waals surface area contributed by atoms with Crippen LogP contribution in [0.5, 0.6) is 0 Å². The summed E-state index contributed by atoms with van der Waals surface area (Å²) >= 11 is 0. The van der Waals surface area contributed by atoms with Crippen LogP contribution in [0.15, 0.2) is 0 Å². The van der Waals surface area contributed by atoms with Gasteiger partial charge in [-0.05, 0) is 26.3 Å². The van der Waals surface area contributed by atoms with Crippen LogP contribution >= 0.6 is 0 Å². The van der Waals surface area contributed by atoms with Gasteiger partial charge in [0.25, 0.3) is 0 Å². The van der Waals surface area contributed by atoms with Crippen molar-refractivity contribution in [3.8, 4) is 0 Å². The second-order valence-corrected chi connectivity index (χ2v) is 4.68. The van der Waals surface area contributed by atoms with Crippen LogP contribution in [0, 0.1) is 0 Å². The SMILES string of the molecule is CCOCCN1CCN2CCCCC2C1. The summed E-state index contributed by atoms with van der Waals surface area (Å²) in [5.41, 5.74) is 0. The number of piperazine rings is 1. The molecular formula is C12H24N2O. The first-order valence-electron chi connectivity index (χ1n) is 6.44. The van der Waals surface area contributed by atoms with E-state index in [1.807, 2.05) is 0 Å². The summed E-state index contributed by atoms with van der Waals surface area (Å²) in [4.78, 5) is 5.25. The first-order chi connectivity index (χ1) is 7.40. The molecule has 0 aromatic rings. The second-order valence-electron chi connectivity index (χ2n) is 4.68. The molecule has 0 N–H and O–H groups in total. The second kappa shape index (κ2) is 5.83. The van der Waals surface area contributed by atoms with E-state index in [2.05, 4.69) is 16.7 Å². The highest BCUT2D eigenvalue weighted by Gasteiger charge is 2.28. The van der Waals surface area contributed by atoms with Crippen LogP contribution in [0.3, 0.4) is 0 Å². The van der Waals surface area contributed by atoms with Crippen molar-refractivity contribution in [3.63, 3.8) is 0 Å². The summed E-state index contributed by atoms with van der Waals surface area (Å²) in [7, 11) is 0. The Kier molecular flexibility index (Phi) is 4.42. The third-order valence-electron chi connectivity index (χ3n) is 3.68. The third-order valence-corrected chi connectivity index (χ3v) is 3.68. The van der Waals surface area contributed by atoms with E-state index in [9.17, 15) is 0 Å². The van der Waals surface area contributed by atoms with Crippen molar-refractivity contribution in [1.82, 2.24) is 9.80 Å². The number of hydrogen-bond donors (Lipinski definition) is 0. The summed E-state index contributed by atoms with van der Waals surface area (Å²) in [5, 5.41) is 0. The largest absolute Gasteiger partial charge is 0.380 e. The van der Waals surface area contributed by atoms with Crippen LogP contribution in [0.2, 0.25) is 0 Å². The van der Waals surface area contributed by atoms with Gasteiger partial charge in [-0.1, -0.05) is 6.42 Å². The van der Waals surface area contributed by atoms with Crippen molar-refractivity contribution < 1.29 is 4.74 Å². The number of rotatable bonds is 4. The third kappa shape index (κ3) is 3.16. The van der Waals surface area contributed by atoms with E-state index in [0.717, 1.165) is 25.8 Å². The molecule has 0 aliphatic carbocycles. The van der Waals surface area contributed by atoms with Gasteiger partial charge in [-0.25, -0.2) is 0 Å². The van der Waals surface area contributed by atoms with Gasteiger partial charge in [0.2, 0.25) is 0 Å². The van der Waals surface area contributed by atoms with Gasteiger partial charge in [-0.15, -0.1) is 0 Å². The van der Waals surface area contributed by atoms with Crippen molar-refractivity contribution in [1.29, 1.82) is 0 Å². The minimum atomic E-state index is 0.842. The molecule has 0 amide bonds. The molecule has 88 valence electrons. The summed E-state index contributed by atoms with van der Waals surface area (Å²) in [6.07, 6.45) is 4.25. The predicted molar refractivity (Wildman–Crippen MR) is 62.1 cm³/mol. The van der Waals surface area contributed by atoms with Crippen LogP contribution in [0.1, 0.15) is 26.2 Å². The van der Waals surface area contributed by atoms with Crippen molar-refractivity contribution in [2.45, 2.75) is 32.2 Å². The van der Waals surface area contributed by atoms with Gasteiger partial charge in [0.1, 0.15) is 0 Å². The van der Waals surface area contributed by atoms with Crippen molar-refractivity contribution in [3.05, 3.63) is 0 Å². The summed E-state index contributed by atoms with van der Waals surface area (Å²) < 4.78 is 5.42. The summed E-state index contributed by atoms with van der Waals surface area (Å²) in [6, 6.07) is 0.842. The molecule has 0 bridgehead atoms. The van der Waals surface area contributed by atoms with Gasteiger partial charge in [0.15, 0.2) is 0 Å². The maximum absolute atomic E-state index is 5.42. The normalized spacial score (nSPS) is 29.0. The zero-order chi connectivity index (χ0) is 10.5. The van der Waals surface area contributed by atoms with Crippen molar-refractivity contribution >= 4 is 0 Å². The van der Waals surface area contributed by atoms with Gasteiger partial charge < -0.3 is 4.74 Å². The Morgan fingerprint density at radius 3 is 3.00 bits per heavy atom. The Morgan fingerprint density at radius 2 is 2.13 bits per heavy atom. The number of ether oxygens (including phenoxy) is 1. The predicted octanol–water partition coefficient (Wildman–Crippen LogP) is 1.19. The molecule has 0 saturated carbocycles. The van der Waals surface area contributed by atoms with E-state index >= 15 is 0 Å². The fourth-order valence-electron chi connectivity index (χ4n) is 2.76. The molecule has 0 aromatic heterocycles. The smallest absolute Gasteiger partial charge is 0.0593 e. The van der Waals surface area contributed by atoms with E-state index in [4.69, 9.17) is 4.74 Å². The molecule has 0 spiro atoms. The van der Waals surface area contributed by atoms with E-state index in [-0.39, 0.29) is 0 Å². The molecule has 0 radical (unpaired) electrons. The van der Waals surface area contributed by atoms with Crippen LogP contribution in [0.4, 0.5) is 0 Å². The lowest BCUT2D eigenvalue weighted by Gasteiger charge is -2.44. The average molecular weight is 212 g/mol. The van der Waals surface area contributed by atoms with Gasteiger partial charge >= 0.3 is 0 Å². The standard InChI is InChI=1S/C12H24N2O/c1-2-15-10-9-13-7-8-14-6-4-3-5-12(14)11-13/h12H,2-11H2,1H3. The summed E-state index contributed by atoms with van der Waals surface area (Å²) in [6.45, 7) is 10.1. The van der Waals surface area contributed by atoms with Crippen molar-refractivity contribution in [2.75, 3.05) is 45.9 Å². The van der Waals surface area contributed by atoms with E-state index in [0.29, 0.717) is 0 Å². The quantitative estimate of drug-likeness (QED) is 0.651. The molecule has 1 unspecified atom stereocenters. The Labute approximate surface area is 93.4 Å². The minimum Gasteiger partial charge on any atom is -0.380 e. The van der Waals surface area contributed by atoms with Gasteiger partial charge in [0.05, 0.1) is 6.61 Å². The molecule has 15 heavy (non-hydrogen) atoms. The lowest BCUT2D eigenvalue weighted by molar-refractivity contribution is 0.0313. The average Bonchev–Trinajstić information content (AvgIpc) is 2.29. The molecule has 3 nitrogen and oxygen atoms in total. The number of piperidine rings is 1. The molecular weight excluding hydrogens is 188 g/mol. The molecule has 2 aliphatic heterocycles. The Hall–Kier alpha value is -0.120. The fourth-order valence-corrected chi connectivity index (χ4v) is 2.76. The molecule has 3 heteroatoms. The molecule has 2 rings (SSSR count). The summed E-state index contributed by atoms with van der Waals surface area (Å²) in [5.74, 6) is 0. The zero-order valence-electron chi connectivity index (χ0n) is 9.95. The van der Waals surface area contributed by atoms with Gasteiger partial charge in [0, 0.05) is 38.8 Å². The lowest BCUT2D eigenvalue weighted by Crippen LogP contribution is -2.55. The molecule has 2 heterocycles. The van der Waals surface area contributed by atoms with Crippen molar-refractivity contribution in [2.24, 2.45) is 0 Å². The minimum absolute atomic E-state index is 0.842. The molecule has 1 atom stereocenters. The number of nitrogens with zero attached hydrogens (tertiary/aromatic N) is 2. The topological polar surface area (TPSA) is 15.7 Å². The van der Waals surface area contributed by atoms with Gasteiger partial charge in [-0.2, -0.15) is 0 Å². The lowest BCUT2D eigenvalue weighted by atomic mass is 9.99. The first kappa shape index (κ1) is 11.4. The van der Waals surface area contributed by atoms with E-state index in [1.54, 1.807) is 0 Å². The maximum Gasteiger partial charge on any atom is 0.0593 e. The van der Waals surface area contributed by atoms with Crippen LogP contribution in [-0.4, -0.2) is 61.8 Å². The Morgan fingerprint density at radius 1 is 1.20 bits per heavy atom. The first-order valence-corrected chi connectivity index (χ1v) is 6.44. The van der Waals surface area contributed by atoms with Crippen LogP contribution in [-0.2, 0) is 4.74 Å². The monoisotopic (exact) mass is 212 g/mol. The van der Waals surface area contributed by atoms with E-state index in [1.165, 1.54) is 45.4 Å². The number of hydrogen-bond acceptors (Lipinski definition) is 3. The fraction of sp³-hybridized carbons (Fsp3) is 1.00. The molecule has 2 aliphatic rings.